The summed E-state index contributed by atoms with van der Waals surface area (Å²) in [5, 5.41) is 6.92. The average Bonchev–Trinajstić information content (AvgIpc) is 2.69. The number of aromatic nitrogens is 2. The van der Waals surface area contributed by atoms with Crippen LogP contribution in [0.15, 0.2) is 35.3 Å². The first-order valence-electron chi connectivity index (χ1n) is 9.51. The first-order valence-corrected chi connectivity index (χ1v) is 9.51. The SMILES string of the molecule is CCCn1ncc(N2CCC(C(=O)NCc3ccc(F)cc3F)CC2)cc1=O. The Bertz CT molecular complexity index is 892. The third kappa shape index (κ3) is 4.74. The first-order chi connectivity index (χ1) is 13.5. The summed E-state index contributed by atoms with van der Waals surface area (Å²) in [6.45, 7) is 3.90. The fourth-order valence-electron chi connectivity index (χ4n) is 3.37. The molecule has 0 unspecified atom stereocenters. The van der Waals surface area contributed by atoms with Crippen LogP contribution < -0.4 is 15.8 Å². The second-order valence-corrected chi connectivity index (χ2v) is 6.99. The van der Waals surface area contributed by atoms with Crippen molar-refractivity contribution in [2.75, 3.05) is 18.0 Å². The van der Waals surface area contributed by atoms with Crippen LogP contribution in [0.5, 0.6) is 0 Å². The van der Waals surface area contributed by atoms with Crippen molar-refractivity contribution in [1.82, 2.24) is 15.1 Å². The van der Waals surface area contributed by atoms with Gasteiger partial charge in [0.05, 0.1) is 11.9 Å². The summed E-state index contributed by atoms with van der Waals surface area (Å²) in [5.74, 6) is -1.62. The summed E-state index contributed by atoms with van der Waals surface area (Å²) < 4.78 is 28.0. The molecule has 2 aromatic rings. The van der Waals surface area contributed by atoms with E-state index >= 15 is 0 Å². The Morgan fingerprint density at radius 2 is 2.00 bits per heavy atom. The third-order valence-electron chi connectivity index (χ3n) is 4.99. The minimum absolute atomic E-state index is 0.0325. The number of anilines is 1. The van der Waals surface area contributed by atoms with Crippen LogP contribution in [0, 0.1) is 17.6 Å². The highest BCUT2D eigenvalue weighted by atomic mass is 19.1. The molecule has 1 N–H and O–H groups in total. The van der Waals surface area contributed by atoms with E-state index in [9.17, 15) is 18.4 Å². The molecule has 1 aliphatic heterocycles. The largest absolute Gasteiger partial charge is 0.370 e. The maximum Gasteiger partial charge on any atom is 0.268 e. The minimum Gasteiger partial charge on any atom is -0.370 e. The molecule has 6 nitrogen and oxygen atoms in total. The summed E-state index contributed by atoms with van der Waals surface area (Å²) in [6, 6.07) is 4.90. The smallest absolute Gasteiger partial charge is 0.268 e. The standard InChI is InChI=1S/C20H24F2N4O2/c1-2-7-26-19(27)11-17(13-24-26)25-8-5-14(6-9-25)20(28)23-12-15-3-4-16(21)10-18(15)22/h3-4,10-11,13-14H,2,5-9,12H2,1H3,(H,23,28). The summed E-state index contributed by atoms with van der Waals surface area (Å²) in [7, 11) is 0. The molecule has 1 aromatic carbocycles. The molecule has 0 bridgehead atoms. The Morgan fingerprint density at radius 3 is 2.64 bits per heavy atom. The summed E-state index contributed by atoms with van der Waals surface area (Å²) in [6.07, 6.45) is 3.80. The molecule has 1 amide bonds. The van der Waals surface area contributed by atoms with Crippen molar-refractivity contribution < 1.29 is 13.6 Å². The second kappa shape index (κ2) is 8.95. The molecule has 0 saturated carbocycles. The van der Waals surface area contributed by atoms with Crippen LogP contribution in [0.3, 0.4) is 0 Å². The quantitative estimate of drug-likeness (QED) is 0.823. The monoisotopic (exact) mass is 390 g/mol. The molecule has 3 rings (SSSR count). The summed E-state index contributed by atoms with van der Waals surface area (Å²) in [4.78, 5) is 26.5. The maximum atomic E-state index is 13.7. The number of benzene rings is 1. The van der Waals surface area contributed by atoms with Gasteiger partial charge < -0.3 is 10.2 Å². The minimum atomic E-state index is -0.666. The predicted octanol–water partition coefficient (Wildman–Crippen LogP) is 2.46. The average molecular weight is 390 g/mol. The molecule has 150 valence electrons. The molecule has 1 aliphatic rings. The van der Waals surface area contributed by atoms with Gasteiger partial charge in [0.25, 0.3) is 5.56 Å². The number of piperidine rings is 1. The van der Waals surface area contributed by atoms with Crippen LogP contribution in [-0.2, 0) is 17.9 Å². The number of rotatable bonds is 6. The number of nitrogens with zero attached hydrogens (tertiary/aromatic N) is 3. The van der Waals surface area contributed by atoms with Crippen LogP contribution in [-0.4, -0.2) is 28.8 Å². The maximum absolute atomic E-state index is 13.7. The summed E-state index contributed by atoms with van der Waals surface area (Å²) in [5.41, 5.74) is 0.899. The van der Waals surface area contributed by atoms with Gasteiger partial charge in [-0.2, -0.15) is 5.10 Å². The molecule has 28 heavy (non-hydrogen) atoms. The molecule has 0 atom stereocenters. The molecule has 0 spiro atoms. The van der Waals surface area contributed by atoms with E-state index in [1.165, 1.54) is 16.8 Å². The zero-order valence-corrected chi connectivity index (χ0v) is 15.8. The van der Waals surface area contributed by atoms with E-state index in [1.54, 1.807) is 12.3 Å². The normalized spacial score (nSPS) is 14.9. The van der Waals surface area contributed by atoms with E-state index in [0.717, 1.165) is 18.2 Å². The topological polar surface area (TPSA) is 67.2 Å². The lowest BCUT2D eigenvalue weighted by molar-refractivity contribution is -0.125. The third-order valence-corrected chi connectivity index (χ3v) is 4.99. The fourth-order valence-corrected chi connectivity index (χ4v) is 3.37. The highest BCUT2D eigenvalue weighted by Crippen LogP contribution is 2.22. The highest BCUT2D eigenvalue weighted by molar-refractivity contribution is 5.79. The van der Waals surface area contributed by atoms with Crippen LogP contribution in [0.1, 0.15) is 31.7 Å². The van der Waals surface area contributed by atoms with Crippen molar-refractivity contribution in [2.24, 2.45) is 5.92 Å². The van der Waals surface area contributed by atoms with E-state index in [0.29, 0.717) is 32.5 Å². The van der Waals surface area contributed by atoms with Gasteiger partial charge in [0.15, 0.2) is 0 Å². The molecule has 0 aliphatic carbocycles. The highest BCUT2D eigenvalue weighted by Gasteiger charge is 2.25. The van der Waals surface area contributed by atoms with Crippen molar-refractivity contribution in [3.05, 3.63) is 58.0 Å². The fraction of sp³-hybridized carbons (Fsp3) is 0.450. The van der Waals surface area contributed by atoms with E-state index in [1.807, 2.05) is 11.8 Å². The Labute approximate surface area is 162 Å². The Kier molecular flexibility index (Phi) is 6.38. The summed E-state index contributed by atoms with van der Waals surface area (Å²) >= 11 is 0. The van der Waals surface area contributed by atoms with Gasteiger partial charge in [-0.05, 0) is 25.3 Å². The Hall–Kier alpha value is -2.77. The number of amides is 1. The van der Waals surface area contributed by atoms with Gasteiger partial charge in [-0.15, -0.1) is 0 Å². The Morgan fingerprint density at radius 1 is 1.25 bits per heavy atom. The first kappa shape index (κ1) is 20.0. The molecule has 0 radical (unpaired) electrons. The molecule has 1 saturated heterocycles. The van der Waals surface area contributed by atoms with E-state index in [-0.39, 0.29) is 29.5 Å². The number of hydrogen-bond donors (Lipinski definition) is 1. The van der Waals surface area contributed by atoms with Gasteiger partial charge in [0.2, 0.25) is 5.91 Å². The van der Waals surface area contributed by atoms with Crippen LogP contribution >= 0.6 is 0 Å². The van der Waals surface area contributed by atoms with E-state index in [2.05, 4.69) is 10.4 Å². The van der Waals surface area contributed by atoms with Crippen LogP contribution in [0.2, 0.25) is 0 Å². The number of aryl methyl sites for hydroxylation is 1. The predicted molar refractivity (Wildman–Crippen MR) is 102 cm³/mol. The number of carbonyl (C=O) groups excluding carboxylic acids is 1. The second-order valence-electron chi connectivity index (χ2n) is 6.99. The number of nitrogens with one attached hydrogen (secondary N) is 1. The zero-order valence-electron chi connectivity index (χ0n) is 15.8. The van der Waals surface area contributed by atoms with Crippen LogP contribution in [0.4, 0.5) is 14.5 Å². The Balaban J connectivity index is 1.52. The van der Waals surface area contributed by atoms with Crippen molar-refractivity contribution in [3.8, 4) is 0 Å². The van der Waals surface area contributed by atoms with Gasteiger partial charge in [-0.25, -0.2) is 13.5 Å². The van der Waals surface area contributed by atoms with Gasteiger partial charge in [-0.3, -0.25) is 9.59 Å². The van der Waals surface area contributed by atoms with Crippen molar-refractivity contribution in [1.29, 1.82) is 0 Å². The van der Waals surface area contributed by atoms with E-state index < -0.39 is 11.6 Å². The number of hydrogen-bond acceptors (Lipinski definition) is 4. The molecule has 1 aromatic heterocycles. The number of carbonyl (C=O) groups is 1. The van der Waals surface area contributed by atoms with Gasteiger partial charge in [0, 0.05) is 49.8 Å². The van der Waals surface area contributed by atoms with Crippen molar-refractivity contribution in [3.63, 3.8) is 0 Å². The van der Waals surface area contributed by atoms with Crippen LogP contribution in [0.25, 0.3) is 0 Å². The number of halogens is 2. The molecular weight excluding hydrogens is 366 g/mol. The van der Waals surface area contributed by atoms with Crippen molar-refractivity contribution in [2.45, 2.75) is 39.3 Å². The molecule has 2 heterocycles. The molecule has 1 fully saturated rings. The lowest BCUT2D eigenvalue weighted by Crippen LogP contribution is -2.41. The van der Waals surface area contributed by atoms with Gasteiger partial charge in [-0.1, -0.05) is 13.0 Å². The molecular formula is C20H24F2N4O2. The molecule has 8 heteroatoms. The lowest BCUT2D eigenvalue weighted by Gasteiger charge is -2.32. The lowest BCUT2D eigenvalue weighted by atomic mass is 9.95. The van der Waals surface area contributed by atoms with Gasteiger partial charge in [0.1, 0.15) is 11.6 Å². The zero-order chi connectivity index (χ0) is 20.1. The van der Waals surface area contributed by atoms with E-state index in [4.69, 9.17) is 0 Å². The van der Waals surface area contributed by atoms with Crippen molar-refractivity contribution >= 4 is 11.6 Å². The van der Waals surface area contributed by atoms with Gasteiger partial charge >= 0.3 is 0 Å².